The van der Waals surface area contributed by atoms with E-state index in [1.165, 1.54) is 0 Å². The fourth-order valence-corrected chi connectivity index (χ4v) is 3.17. The summed E-state index contributed by atoms with van der Waals surface area (Å²) >= 11 is 0. The van der Waals surface area contributed by atoms with Crippen molar-refractivity contribution in [2.75, 3.05) is 7.11 Å². The van der Waals surface area contributed by atoms with Crippen LogP contribution in [-0.4, -0.2) is 24.3 Å². The Bertz CT molecular complexity index is 467. The zero-order valence-corrected chi connectivity index (χ0v) is 11.5. The number of ether oxygens (including phenoxy) is 1. The average Bonchev–Trinajstić information content (AvgIpc) is 2.82. The van der Waals surface area contributed by atoms with Gasteiger partial charge in [0.15, 0.2) is 5.78 Å². The first-order valence-electron chi connectivity index (χ1n) is 6.73. The van der Waals surface area contributed by atoms with Crippen molar-refractivity contribution in [3.8, 4) is 0 Å². The van der Waals surface area contributed by atoms with Crippen LogP contribution in [0.1, 0.15) is 57.8 Å². The third kappa shape index (κ3) is 4.01. The van der Waals surface area contributed by atoms with Crippen LogP contribution in [0.3, 0.4) is 0 Å². The summed E-state index contributed by atoms with van der Waals surface area (Å²) in [4.78, 5) is 24.1. The highest BCUT2D eigenvalue weighted by Crippen LogP contribution is 2.42. The number of hydrogen-bond donors (Lipinski definition) is 0. The van der Waals surface area contributed by atoms with Crippen LogP contribution in [0.4, 0.5) is 0 Å². The lowest BCUT2D eigenvalue weighted by atomic mass is 9.81. The molecule has 0 radical (unpaired) electrons. The summed E-state index contributed by atoms with van der Waals surface area (Å²) in [6, 6.07) is 9.28. The molecule has 0 aliphatic heterocycles. The lowest BCUT2D eigenvalue weighted by Gasteiger charge is -2.32. The summed E-state index contributed by atoms with van der Waals surface area (Å²) in [5, 5.41) is 0. The van der Waals surface area contributed by atoms with E-state index in [4.69, 9.17) is 4.74 Å². The summed E-state index contributed by atoms with van der Waals surface area (Å²) in [6.45, 7) is 1.56. The van der Waals surface area contributed by atoms with Gasteiger partial charge in [-0.3, -0.25) is 9.59 Å². The molecule has 118 valence electrons. The zero-order valence-electron chi connectivity index (χ0n) is 11.5. The Kier molecular flexibility index (Phi) is 7.51. The monoisotopic (exact) mass is 292 g/mol. The number of benzene rings is 1. The van der Waals surface area contributed by atoms with Gasteiger partial charge in [0.25, 0.3) is 0 Å². The molecule has 1 aliphatic rings. The van der Waals surface area contributed by atoms with Crippen LogP contribution in [0.25, 0.3) is 0 Å². The number of hydrogen-bond acceptors (Lipinski definition) is 3. The van der Waals surface area contributed by atoms with Gasteiger partial charge in [-0.05, 0) is 26.2 Å². The Morgan fingerprint density at radius 2 is 1.86 bits per heavy atom. The topological polar surface area (TPSA) is 43.4 Å². The van der Waals surface area contributed by atoms with E-state index in [1.807, 2.05) is 30.3 Å². The second-order valence-corrected chi connectivity index (χ2v) is 5.32. The van der Waals surface area contributed by atoms with Gasteiger partial charge in [-0.25, -0.2) is 0 Å². The highest BCUT2D eigenvalue weighted by atomic mass is 16.5. The molecular weight excluding hydrogens is 264 g/mol. The standard InChI is InChI=1S/C16H20O3.2CH4/c1-12(17)11-16(19-2)10-6-9-14(16)15(18)13-7-4-3-5-8-13;;/h3-5,7-8,14H,6,9-11H2,1-2H3;2*1H4. The lowest BCUT2D eigenvalue weighted by Crippen LogP contribution is -2.41. The van der Waals surface area contributed by atoms with Gasteiger partial charge in [0.2, 0.25) is 0 Å². The van der Waals surface area contributed by atoms with Gasteiger partial charge in [0.05, 0.1) is 11.5 Å². The number of Topliss-reactive ketones (excluding diaryl/α,β-unsaturated/α-hetero) is 2. The van der Waals surface area contributed by atoms with Crippen LogP contribution in [-0.2, 0) is 9.53 Å². The van der Waals surface area contributed by atoms with Crippen molar-refractivity contribution in [1.82, 2.24) is 0 Å². The van der Waals surface area contributed by atoms with Gasteiger partial charge in [0.1, 0.15) is 5.78 Å². The van der Waals surface area contributed by atoms with Crippen molar-refractivity contribution in [3.63, 3.8) is 0 Å². The number of rotatable bonds is 5. The summed E-state index contributed by atoms with van der Waals surface area (Å²) in [6.07, 6.45) is 2.85. The summed E-state index contributed by atoms with van der Waals surface area (Å²) in [5.74, 6) is -0.0281. The molecule has 1 aromatic rings. The van der Waals surface area contributed by atoms with E-state index in [-0.39, 0.29) is 32.3 Å². The highest BCUT2D eigenvalue weighted by molar-refractivity contribution is 5.99. The zero-order chi connectivity index (χ0) is 13.9. The molecular formula is C18H28O3. The molecule has 0 N–H and O–H groups in total. The van der Waals surface area contributed by atoms with E-state index in [0.717, 1.165) is 19.3 Å². The van der Waals surface area contributed by atoms with Gasteiger partial charge in [-0.15, -0.1) is 0 Å². The molecule has 21 heavy (non-hydrogen) atoms. The van der Waals surface area contributed by atoms with Crippen LogP contribution in [0.2, 0.25) is 0 Å². The second kappa shape index (κ2) is 8.08. The number of carbonyl (C=O) groups is 2. The molecule has 3 heteroatoms. The molecule has 1 aliphatic carbocycles. The molecule has 0 aromatic heterocycles. The lowest BCUT2D eigenvalue weighted by molar-refractivity contribution is -0.124. The number of ketones is 2. The minimum atomic E-state index is -0.598. The first kappa shape index (κ1) is 19.5. The smallest absolute Gasteiger partial charge is 0.168 e. The molecule has 2 unspecified atom stereocenters. The van der Waals surface area contributed by atoms with Gasteiger partial charge >= 0.3 is 0 Å². The van der Waals surface area contributed by atoms with Gasteiger partial charge in [-0.2, -0.15) is 0 Å². The Labute approximate surface area is 128 Å². The van der Waals surface area contributed by atoms with Crippen LogP contribution >= 0.6 is 0 Å². The molecule has 2 atom stereocenters. The van der Waals surface area contributed by atoms with E-state index >= 15 is 0 Å². The summed E-state index contributed by atoms with van der Waals surface area (Å²) in [7, 11) is 1.61. The van der Waals surface area contributed by atoms with E-state index in [1.54, 1.807) is 14.0 Å². The van der Waals surface area contributed by atoms with Gasteiger partial charge < -0.3 is 4.74 Å². The Morgan fingerprint density at radius 3 is 2.38 bits per heavy atom. The minimum absolute atomic E-state index is 0. The van der Waals surface area contributed by atoms with Crippen LogP contribution in [0.15, 0.2) is 30.3 Å². The predicted molar refractivity (Wildman–Crippen MR) is 86.6 cm³/mol. The molecule has 0 saturated heterocycles. The maximum atomic E-state index is 12.6. The largest absolute Gasteiger partial charge is 0.377 e. The van der Waals surface area contributed by atoms with E-state index in [2.05, 4.69) is 0 Å². The average molecular weight is 292 g/mol. The Morgan fingerprint density at radius 1 is 1.24 bits per heavy atom. The van der Waals surface area contributed by atoms with Crippen molar-refractivity contribution in [1.29, 1.82) is 0 Å². The van der Waals surface area contributed by atoms with Crippen molar-refractivity contribution in [3.05, 3.63) is 35.9 Å². The van der Waals surface area contributed by atoms with Crippen LogP contribution in [0, 0.1) is 5.92 Å². The van der Waals surface area contributed by atoms with Gasteiger partial charge in [-0.1, -0.05) is 45.2 Å². The quantitative estimate of drug-likeness (QED) is 0.760. The highest BCUT2D eigenvalue weighted by Gasteiger charge is 2.47. The van der Waals surface area contributed by atoms with Crippen molar-refractivity contribution >= 4 is 11.6 Å². The van der Waals surface area contributed by atoms with E-state index < -0.39 is 5.60 Å². The SMILES string of the molecule is C.C.COC1(CC(C)=O)CCCC1C(=O)c1ccccc1. The molecule has 1 fully saturated rings. The molecule has 3 nitrogen and oxygen atoms in total. The van der Waals surface area contributed by atoms with Crippen LogP contribution in [0.5, 0.6) is 0 Å². The Balaban J connectivity index is 0.00000200. The molecule has 1 saturated carbocycles. The normalized spacial score (nSPS) is 23.8. The molecule has 2 rings (SSSR count). The third-order valence-corrected chi connectivity index (χ3v) is 4.06. The van der Waals surface area contributed by atoms with Gasteiger partial charge in [0, 0.05) is 19.1 Å². The molecule has 1 aromatic carbocycles. The number of methoxy groups -OCH3 is 1. The first-order chi connectivity index (χ1) is 9.09. The van der Waals surface area contributed by atoms with Crippen molar-refractivity contribution in [2.45, 2.75) is 53.1 Å². The number of carbonyl (C=O) groups excluding carboxylic acids is 2. The maximum absolute atomic E-state index is 12.6. The van der Waals surface area contributed by atoms with E-state index in [9.17, 15) is 9.59 Å². The first-order valence-corrected chi connectivity index (χ1v) is 6.73. The fraction of sp³-hybridized carbons (Fsp3) is 0.556. The van der Waals surface area contributed by atoms with Crippen molar-refractivity contribution < 1.29 is 14.3 Å². The molecule has 0 heterocycles. The molecule has 0 bridgehead atoms. The molecule has 0 amide bonds. The molecule has 0 spiro atoms. The Hall–Kier alpha value is -1.48. The van der Waals surface area contributed by atoms with Crippen molar-refractivity contribution in [2.24, 2.45) is 5.92 Å². The maximum Gasteiger partial charge on any atom is 0.168 e. The van der Waals surface area contributed by atoms with Crippen LogP contribution < -0.4 is 0 Å². The predicted octanol–water partition coefficient (Wildman–Crippen LogP) is 4.31. The van der Waals surface area contributed by atoms with E-state index in [0.29, 0.717) is 12.0 Å². The summed E-state index contributed by atoms with van der Waals surface area (Å²) < 4.78 is 5.62. The fourth-order valence-electron chi connectivity index (χ4n) is 3.17. The second-order valence-electron chi connectivity index (χ2n) is 5.32. The minimum Gasteiger partial charge on any atom is -0.377 e. The third-order valence-electron chi connectivity index (χ3n) is 4.06. The summed E-state index contributed by atoms with van der Waals surface area (Å²) in [5.41, 5.74) is 0.109.